The van der Waals surface area contributed by atoms with Crippen molar-refractivity contribution in [3.05, 3.63) is 23.8 Å². The number of quaternary nitrogens is 2. The van der Waals surface area contributed by atoms with Crippen LogP contribution in [0.2, 0.25) is 0 Å². The van der Waals surface area contributed by atoms with Crippen LogP contribution < -0.4 is 14.5 Å². The van der Waals surface area contributed by atoms with Gasteiger partial charge in [0.1, 0.15) is 37.0 Å². The van der Waals surface area contributed by atoms with Crippen molar-refractivity contribution < 1.29 is 24.4 Å². The fourth-order valence-electron chi connectivity index (χ4n) is 6.45. The van der Waals surface area contributed by atoms with Crippen LogP contribution in [0.5, 0.6) is 11.5 Å². The monoisotopic (exact) mass is 360 g/mol. The van der Waals surface area contributed by atoms with Gasteiger partial charge in [0, 0.05) is 0 Å². The predicted octanol–water partition coefficient (Wildman–Crippen LogP) is 0.352. The number of phenols is 1. The van der Waals surface area contributed by atoms with Gasteiger partial charge in [-0.1, -0.05) is 26.7 Å². The third-order valence-electron chi connectivity index (χ3n) is 7.04. The van der Waals surface area contributed by atoms with Gasteiger partial charge in [-0.2, -0.15) is 0 Å². The molecule has 26 heavy (non-hydrogen) atoms. The van der Waals surface area contributed by atoms with Gasteiger partial charge in [0.2, 0.25) is 6.17 Å². The lowest BCUT2D eigenvalue weighted by molar-refractivity contribution is -1.18. The van der Waals surface area contributed by atoms with Crippen molar-refractivity contribution in [2.24, 2.45) is 10.8 Å². The number of methoxy groups -OCH3 is 1. The second kappa shape index (κ2) is 6.24. The predicted molar refractivity (Wildman–Crippen MR) is 98.5 cm³/mol. The van der Waals surface area contributed by atoms with Crippen molar-refractivity contribution in [1.29, 1.82) is 0 Å². The lowest BCUT2D eigenvalue weighted by Crippen LogP contribution is -3.41. The molecule has 0 spiro atoms. The number of hydrogen-bond acceptors (Lipinski definition) is 3. The van der Waals surface area contributed by atoms with Crippen LogP contribution in [0.25, 0.3) is 0 Å². The summed E-state index contributed by atoms with van der Waals surface area (Å²) < 4.78 is 5.34. The SMILES string of the molecule is CCCC12C[NH+]3CC(CCC)(C[NH+](C1)C3c1ccc(O)c(OC)c1)C2=O. The Balaban J connectivity index is 1.72. The number of ketones is 1. The summed E-state index contributed by atoms with van der Waals surface area (Å²) in [6.07, 6.45) is 4.54. The number of nitrogens with one attached hydrogen (secondary N) is 2. The summed E-state index contributed by atoms with van der Waals surface area (Å²) in [5, 5.41) is 9.96. The molecule has 5 heteroatoms. The Morgan fingerprint density at radius 1 is 1.08 bits per heavy atom. The number of rotatable bonds is 6. The van der Waals surface area contributed by atoms with E-state index in [2.05, 4.69) is 13.8 Å². The maximum absolute atomic E-state index is 13.5. The third kappa shape index (κ3) is 2.40. The molecule has 0 amide bonds. The molecule has 0 saturated carbocycles. The summed E-state index contributed by atoms with van der Waals surface area (Å²) in [6.45, 7) is 8.25. The highest BCUT2D eigenvalue weighted by Gasteiger charge is 2.70. The Kier molecular flexibility index (Phi) is 4.27. The first-order valence-corrected chi connectivity index (χ1v) is 10.1. The Bertz CT molecular complexity index is 673. The minimum Gasteiger partial charge on any atom is -0.504 e. The van der Waals surface area contributed by atoms with Gasteiger partial charge in [-0.25, -0.2) is 0 Å². The first kappa shape index (κ1) is 17.8. The van der Waals surface area contributed by atoms with E-state index in [-0.39, 0.29) is 16.6 Å². The van der Waals surface area contributed by atoms with E-state index in [4.69, 9.17) is 4.74 Å². The average Bonchev–Trinajstić information content (AvgIpc) is 2.60. The van der Waals surface area contributed by atoms with Gasteiger partial charge >= 0.3 is 0 Å². The second-order valence-electron chi connectivity index (χ2n) is 8.78. The van der Waals surface area contributed by atoms with Crippen molar-refractivity contribution >= 4 is 5.78 Å². The molecular formula is C21H32N2O3+2. The molecule has 4 aliphatic rings. The minimum absolute atomic E-state index is 0.122. The molecule has 1 aromatic rings. The summed E-state index contributed by atoms with van der Waals surface area (Å²) in [6, 6.07) is 5.77. The summed E-state index contributed by atoms with van der Waals surface area (Å²) in [5.74, 6) is 1.30. The van der Waals surface area contributed by atoms with Crippen LogP contribution in [-0.2, 0) is 4.79 Å². The number of benzene rings is 1. The molecule has 0 unspecified atom stereocenters. The topological polar surface area (TPSA) is 55.4 Å². The van der Waals surface area contributed by atoms with Crippen molar-refractivity contribution in [2.45, 2.75) is 45.7 Å². The highest BCUT2D eigenvalue weighted by Crippen LogP contribution is 2.42. The van der Waals surface area contributed by atoms with E-state index in [0.29, 0.717) is 17.7 Å². The molecule has 4 bridgehead atoms. The number of carbonyl (C=O) groups is 1. The lowest BCUT2D eigenvalue weighted by Gasteiger charge is -2.60. The van der Waals surface area contributed by atoms with Gasteiger partial charge in [-0.05, 0) is 31.0 Å². The molecule has 0 aliphatic carbocycles. The first-order valence-electron chi connectivity index (χ1n) is 10.1. The molecule has 4 aliphatic heterocycles. The summed E-state index contributed by atoms with van der Waals surface area (Å²) >= 11 is 0. The zero-order valence-corrected chi connectivity index (χ0v) is 16.2. The lowest BCUT2D eigenvalue weighted by atomic mass is 9.57. The van der Waals surface area contributed by atoms with Crippen LogP contribution in [0.15, 0.2) is 18.2 Å². The largest absolute Gasteiger partial charge is 0.504 e. The molecule has 1 aromatic carbocycles. The van der Waals surface area contributed by atoms with Crippen LogP contribution in [0, 0.1) is 10.8 Å². The van der Waals surface area contributed by atoms with Gasteiger partial charge in [-0.3, -0.25) is 14.6 Å². The summed E-state index contributed by atoms with van der Waals surface area (Å²) in [5.41, 5.74) is 0.972. The van der Waals surface area contributed by atoms with Crippen LogP contribution in [0.4, 0.5) is 0 Å². The van der Waals surface area contributed by atoms with Gasteiger partial charge in [0.15, 0.2) is 17.3 Å². The van der Waals surface area contributed by atoms with E-state index >= 15 is 0 Å². The molecule has 0 atom stereocenters. The Morgan fingerprint density at radius 3 is 2.08 bits per heavy atom. The normalized spacial score (nSPS) is 38.0. The summed E-state index contributed by atoms with van der Waals surface area (Å²) in [4.78, 5) is 16.6. The maximum Gasteiger partial charge on any atom is 0.240 e. The molecule has 5 nitrogen and oxygen atoms in total. The van der Waals surface area contributed by atoms with E-state index in [0.717, 1.165) is 51.9 Å². The van der Waals surface area contributed by atoms with E-state index in [1.807, 2.05) is 12.1 Å². The second-order valence-corrected chi connectivity index (χ2v) is 8.78. The van der Waals surface area contributed by atoms with Crippen LogP contribution in [-0.4, -0.2) is 44.2 Å². The van der Waals surface area contributed by atoms with Crippen molar-refractivity contribution in [3.63, 3.8) is 0 Å². The first-order chi connectivity index (χ1) is 12.5. The maximum atomic E-state index is 13.5. The smallest absolute Gasteiger partial charge is 0.240 e. The van der Waals surface area contributed by atoms with E-state index in [9.17, 15) is 9.90 Å². The van der Waals surface area contributed by atoms with E-state index in [1.165, 1.54) is 5.56 Å². The quantitative estimate of drug-likeness (QED) is 0.686. The number of ether oxygens (including phenoxy) is 1. The van der Waals surface area contributed by atoms with Crippen LogP contribution in [0.3, 0.4) is 0 Å². The van der Waals surface area contributed by atoms with E-state index in [1.54, 1.807) is 23.0 Å². The van der Waals surface area contributed by atoms with E-state index < -0.39 is 0 Å². The number of carbonyl (C=O) groups excluding carboxylic acids is 1. The number of phenolic OH excluding ortho intramolecular Hbond substituents is 1. The van der Waals surface area contributed by atoms with Gasteiger partial charge < -0.3 is 9.84 Å². The third-order valence-corrected chi connectivity index (χ3v) is 7.04. The standard InChI is InChI=1S/C21H30N2O3/c1-4-8-20-11-22-13-21(9-5-2,19(20)25)14-23(12-20)18(22)15-6-7-16(24)17(10-15)26-3/h6-7,10,18,24H,4-5,8-9,11-14H2,1-3H3/p+2. The number of aromatic hydroxyl groups is 1. The Hall–Kier alpha value is -1.59. The molecule has 5 rings (SSSR count). The van der Waals surface area contributed by atoms with Crippen LogP contribution in [0.1, 0.15) is 51.3 Å². The van der Waals surface area contributed by atoms with Gasteiger partial charge in [-0.15, -0.1) is 0 Å². The number of Topliss-reactive ketones (excluding diaryl/α,β-unsaturated/α-hetero) is 1. The fraction of sp³-hybridized carbons (Fsp3) is 0.667. The Morgan fingerprint density at radius 2 is 1.62 bits per heavy atom. The Labute approximate surface area is 155 Å². The van der Waals surface area contributed by atoms with Crippen molar-refractivity contribution in [1.82, 2.24) is 0 Å². The average molecular weight is 360 g/mol. The molecule has 142 valence electrons. The zero-order valence-electron chi connectivity index (χ0n) is 16.2. The van der Waals surface area contributed by atoms with Crippen LogP contribution >= 0.6 is 0 Å². The van der Waals surface area contributed by atoms with Gasteiger partial charge in [0.25, 0.3) is 0 Å². The zero-order chi connectivity index (χ0) is 18.5. The molecule has 4 heterocycles. The molecular weight excluding hydrogens is 328 g/mol. The van der Waals surface area contributed by atoms with Crippen molar-refractivity contribution in [2.75, 3.05) is 33.3 Å². The highest BCUT2D eigenvalue weighted by atomic mass is 16.5. The fourth-order valence-corrected chi connectivity index (χ4v) is 6.45. The molecule has 0 aromatic heterocycles. The number of piperidine rings is 2. The molecule has 3 N–H and O–H groups in total. The molecule has 4 fully saturated rings. The minimum atomic E-state index is -0.122. The highest BCUT2D eigenvalue weighted by molar-refractivity contribution is 5.92. The molecule has 0 radical (unpaired) electrons. The summed E-state index contributed by atoms with van der Waals surface area (Å²) in [7, 11) is 1.60. The van der Waals surface area contributed by atoms with Gasteiger partial charge in [0.05, 0.1) is 12.7 Å². The number of hydrogen-bond donors (Lipinski definition) is 3. The molecule has 4 saturated heterocycles. The van der Waals surface area contributed by atoms with Crippen molar-refractivity contribution in [3.8, 4) is 11.5 Å².